The van der Waals surface area contributed by atoms with Crippen molar-refractivity contribution in [2.45, 2.75) is 41.5 Å². The van der Waals surface area contributed by atoms with Crippen LogP contribution in [0.2, 0.25) is 0 Å². The van der Waals surface area contributed by atoms with E-state index in [0.717, 1.165) is 38.1 Å². The third kappa shape index (κ3) is 5.36. The van der Waals surface area contributed by atoms with Crippen molar-refractivity contribution in [2.75, 3.05) is 48.3 Å². The fourth-order valence-electron chi connectivity index (χ4n) is 2.19. The number of aromatic nitrogens is 3. The number of rotatable bonds is 7. The molecule has 0 atom stereocenters. The van der Waals surface area contributed by atoms with E-state index in [1.807, 2.05) is 14.0 Å². The molecule has 6 heteroatoms. The van der Waals surface area contributed by atoms with E-state index in [1.165, 1.54) is 0 Å². The molecule has 0 amide bonds. The summed E-state index contributed by atoms with van der Waals surface area (Å²) in [6, 6.07) is 0. The minimum absolute atomic E-state index is 0.190. The molecule has 1 N–H and O–H groups in total. The van der Waals surface area contributed by atoms with Crippen molar-refractivity contribution in [3.05, 3.63) is 0 Å². The minimum atomic E-state index is 0.190. The first-order chi connectivity index (χ1) is 9.80. The topological polar surface area (TPSA) is 57.2 Å². The Kier molecular flexibility index (Phi) is 6.18. The molecule has 1 rings (SSSR count). The van der Waals surface area contributed by atoms with Crippen molar-refractivity contribution in [2.24, 2.45) is 5.41 Å². The van der Waals surface area contributed by atoms with Crippen molar-refractivity contribution in [1.82, 2.24) is 15.0 Å². The van der Waals surface area contributed by atoms with Crippen LogP contribution in [-0.4, -0.2) is 48.2 Å². The van der Waals surface area contributed by atoms with Gasteiger partial charge in [0, 0.05) is 33.2 Å². The number of nitrogens with one attached hydrogen (secondary N) is 1. The van der Waals surface area contributed by atoms with Gasteiger partial charge in [-0.1, -0.05) is 20.8 Å². The van der Waals surface area contributed by atoms with Gasteiger partial charge in [0.15, 0.2) is 0 Å². The van der Waals surface area contributed by atoms with Crippen LogP contribution in [0.25, 0.3) is 0 Å². The zero-order chi connectivity index (χ0) is 16.0. The van der Waals surface area contributed by atoms with Gasteiger partial charge in [0.1, 0.15) is 0 Å². The lowest BCUT2D eigenvalue weighted by Gasteiger charge is -2.28. The normalized spacial score (nSPS) is 11.4. The summed E-state index contributed by atoms with van der Waals surface area (Å²) in [5.41, 5.74) is 0.190. The van der Waals surface area contributed by atoms with E-state index in [1.54, 1.807) is 0 Å². The zero-order valence-corrected chi connectivity index (χ0v) is 14.6. The van der Waals surface area contributed by atoms with Gasteiger partial charge in [0.2, 0.25) is 17.8 Å². The summed E-state index contributed by atoms with van der Waals surface area (Å²) >= 11 is 0. The van der Waals surface area contributed by atoms with Crippen LogP contribution in [-0.2, 0) is 0 Å². The van der Waals surface area contributed by atoms with E-state index in [0.29, 0.717) is 5.95 Å². The highest BCUT2D eigenvalue weighted by molar-refractivity contribution is 5.44. The summed E-state index contributed by atoms with van der Waals surface area (Å²) in [7, 11) is 2.03. The first-order valence-electron chi connectivity index (χ1n) is 7.76. The van der Waals surface area contributed by atoms with Gasteiger partial charge in [-0.05, 0) is 26.2 Å². The molecule has 0 aliphatic carbocycles. The SMILES string of the molecule is CCNc1nc(N(C)CC(C)(C)C)nc(N(CC)CC)n1. The second kappa shape index (κ2) is 7.43. The van der Waals surface area contributed by atoms with Crippen molar-refractivity contribution in [1.29, 1.82) is 0 Å². The van der Waals surface area contributed by atoms with Crippen LogP contribution >= 0.6 is 0 Å². The molecular formula is C15H30N6. The molecular weight excluding hydrogens is 264 g/mol. The molecule has 0 radical (unpaired) electrons. The summed E-state index contributed by atoms with van der Waals surface area (Å²) in [6.07, 6.45) is 0. The van der Waals surface area contributed by atoms with Crippen LogP contribution in [0, 0.1) is 5.41 Å². The third-order valence-corrected chi connectivity index (χ3v) is 3.05. The van der Waals surface area contributed by atoms with Gasteiger partial charge >= 0.3 is 0 Å². The van der Waals surface area contributed by atoms with Gasteiger partial charge in [0.05, 0.1) is 0 Å². The Balaban J connectivity index is 3.12. The summed E-state index contributed by atoms with van der Waals surface area (Å²) < 4.78 is 0. The number of nitrogens with zero attached hydrogens (tertiary/aromatic N) is 5. The van der Waals surface area contributed by atoms with Crippen LogP contribution < -0.4 is 15.1 Å². The van der Waals surface area contributed by atoms with Gasteiger partial charge in [-0.2, -0.15) is 15.0 Å². The summed E-state index contributed by atoms with van der Waals surface area (Å²) in [5.74, 6) is 2.10. The zero-order valence-electron chi connectivity index (χ0n) is 14.6. The van der Waals surface area contributed by atoms with E-state index in [2.05, 4.69) is 64.7 Å². The second-order valence-corrected chi connectivity index (χ2v) is 6.38. The molecule has 1 heterocycles. The van der Waals surface area contributed by atoms with Crippen molar-refractivity contribution in [3.63, 3.8) is 0 Å². The molecule has 21 heavy (non-hydrogen) atoms. The standard InChI is InChI=1S/C15H30N6/c1-8-16-12-17-13(20(7)11-15(4,5)6)19-14(18-12)21(9-2)10-3/h8-11H2,1-7H3,(H,16,17,18,19). The highest BCUT2D eigenvalue weighted by Crippen LogP contribution is 2.20. The molecule has 0 aromatic carbocycles. The van der Waals surface area contributed by atoms with Gasteiger partial charge in [-0.3, -0.25) is 0 Å². The van der Waals surface area contributed by atoms with Gasteiger partial charge < -0.3 is 15.1 Å². The van der Waals surface area contributed by atoms with E-state index in [9.17, 15) is 0 Å². The highest BCUT2D eigenvalue weighted by Gasteiger charge is 2.18. The maximum atomic E-state index is 4.63. The predicted molar refractivity (Wildman–Crippen MR) is 90.3 cm³/mol. The Bertz CT molecular complexity index is 436. The molecule has 0 fully saturated rings. The fourth-order valence-corrected chi connectivity index (χ4v) is 2.19. The largest absolute Gasteiger partial charge is 0.354 e. The molecule has 1 aromatic rings. The molecule has 0 unspecified atom stereocenters. The number of anilines is 3. The van der Waals surface area contributed by atoms with Crippen molar-refractivity contribution >= 4 is 17.8 Å². The van der Waals surface area contributed by atoms with Crippen LogP contribution in [0.3, 0.4) is 0 Å². The van der Waals surface area contributed by atoms with Crippen molar-refractivity contribution in [3.8, 4) is 0 Å². The Morgan fingerprint density at radius 2 is 1.52 bits per heavy atom. The van der Waals surface area contributed by atoms with Gasteiger partial charge in [-0.15, -0.1) is 0 Å². The molecule has 0 saturated heterocycles. The average molecular weight is 294 g/mol. The van der Waals surface area contributed by atoms with Crippen LogP contribution in [0.1, 0.15) is 41.5 Å². The lowest BCUT2D eigenvalue weighted by Crippen LogP contribution is -2.32. The Morgan fingerprint density at radius 1 is 0.952 bits per heavy atom. The lowest BCUT2D eigenvalue weighted by molar-refractivity contribution is 0.416. The monoisotopic (exact) mass is 294 g/mol. The molecule has 0 saturated carbocycles. The second-order valence-electron chi connectivity index (χ2n) is 6.38. The first kappa shape index (κ1) is 17.5. The molecule has 0 spiro atoms. The summed E-state index contributed by atoms with van der Waals surface area (Å²) in [4.78, 5) is 17.9. The quantitative estimate of drug-likeness (QED) is 0.834. The van der Waals surface area contributed by atoms with Crippen molar-refractivity contribution < 1.29 is 0 Å². The van der Waals surface area contributed by atoms with E-state index < -0.39 is 0 Å². The minimum Gasteiger partial charge on any atom is -0.354 e. The summed E-state index contributed by atoms with van der Waals surface area (Å²) in [5, 5.41) is 3.19. The van der Waals surface area contributed by atoms with Crippen LogP contribution in [0.15, 0.2) is 0 Å². The summed E-state index contributed by atoms with van der Waals surface area (Å²) in [6.45, 7) is 16.3. The van der Waals surface area contributed by atoms with Gasteiger partial charge in [-0.25, -0.2) is 0 Å². The molecule has 0 bridgehead atoms. The Hall–Kier alpha value is -1.59. The molecule has 120 valence electrons. The molecule has 0 aliphatic heterocycles. The molecule has 6 nitrogen and oxygen atoms in total. The molecule has 0 aliphatic rings. The first-order valence-corrected chi connectivity index (χ1v) is 7.76. The smallest absolute Gasteiger partial charge is 0.231 e. The maximum absolute atomic E-state index is 4.63. The van der Waals surface area contributed by atoms with E-state index in [4.69, 9.17) is 0 Å². The maximum Gasteiger partial charge on any atom is 0.231 e. The van der Waals surface area contributed by atoms with Crippen LogP contribution in [0.4, 0.5) is 17.8 Å². The number of hydrogen-bond acceptors (Lipinski definition) is 6. The van der Waals surface area contributed by atoms with Crippen LogP contribution in [0.5, 0.6) is 0 Å². The van der Waals surface area contributed by atoms with Gasteiger partial charge in [0.25, 0.3) is 0 Å². The Morgan fingerprint density at radius 3 is 2.00 bits per heavy atom. The average Bonchev–Trinajstić information content (AvgIpc) is 2.38. The predicted octanol–water partition coefficient (Wildman–Crippen LogP) is 2.63. The lowest BCUT2D eigenvalue weighted by atomic mass is 9.96. The highest BCUT2D eigenvalue weighted by atomic mass is 15.4. The van der Waals surface area contributed by atoms with E-state index >= 15 is 0 Å². The number of hydrogen-bond donors (Lipinski definition) is 1. The Labute approximate surface area is 129 Å². The fraction of sp³-hybridized carbons (Fsp3) is 0.800. The van der Waals surface area contributed by atoms with E-state index in [-0.39, 0.29) is 5.41 Å². The third-order valence-electron chi connectivity index (χ3n) is 3.05. The molecule has 1 aromatic heterocycles.